The van der Waals surface area contributed by atoms with E-state index in [1.807, 2.05) is 12.1 Å². The Morgan fingerprint density at radius 3 is 2.87 bits per heavy atom. The van der Waals surface area contributed by atoms with Crippen LogP contribution in [-0.4, -0.2) is 15.0 Å². The Kier molecular flexibility index (Phi) is 3.14. The van der Waals surface area contributed by atoms with Gasteiger partial charge >= 0.3 is 0 Å². The van der Waals surface area contributed by atoms with Gasteiger partial charge in [-0.15, -0.1) is 11.8 Å². The molecule has 2 aromatic rings. The molecule has 0 bridgehead atoms. The van der Waals surface area contributed by atoms with Crippen molar-refractivity contribution in [3.8, 4) is 0 Å². The van der Waals surface area contributed by atoms with Crippen LogP contribution in [0.15, 0.2) is 41.9 Å². The maximum Gasteiger partial charge on any atom is 0.123 e. The van der Waals surface area contributed by atoms with Crippen molar-refractivity contribution >= 4 is 17.6 Å². The summed E-state index contributed by atoms with van der Waals surface area (Å²) in [5.74, 6) is 1.37. The molecule has 0 aliphatic carbocycles. The zero-order chi connectivity index (χ0) is 10.5. The number of rotatable bonds is 3. The van der Waals surface area contributed by atoms with Gasteiger partial charge in [0.1, 0.15) is 10.8 Å². The Labute approximate surface area is 92.0 Å². The Morgan fingerprint density at radius 1 is 1.20 bits per heavy atom. The largest absolute Gasteiger partial charge is 0.384 e. The highest BCUT2D eigenvalue weighted by molar-refractivity contribution is 7.98. The zero-order valence-electron chi connectivity index (χ0n) is 8.00. The van der Waals surface area contributed by atoms with Crippen molar-refractivity contribution in [1.82, 2.24) is 15.0 Å². The first-order valence-electron chi connectivity index (χ1n) is 4.44. The lowest BCUT2D eigenvalue weighted by Gasteiger charge is -2.00. The van der Waals surface area contributed by atoms with E-state index in [1.165, 1.54) is 0 Å². The van der Waals surface area contributed by atoms with Crippen LogP contribution in [0.3, 0.4) is 0 Å². The van der Waals surface area contributed by atoms with Crippen LogP contribution in [0, 0.1) is 0 Å². The lowest BCUT2D eigenvalue weighted by atomic mass is 10.3. The summed E-state index contributed by atoms with van der Waals surface area (Å²) < 4.78 is 0. The summed E-state index contributed by atoms with van der Waals surface area (Å²) in [6.07, 6.45) is 6.80. The fourth-order valence-electron chi connectivity index (χ4n) is 1.10. The van der Waals surface area contributed by atoms with Crippen molar-refractivity contribution in [2.45, 2.75) is 10.8 Å². The van der Waals surface area contributed by atoms with Crippen molar-refractivity contribution < 1.29 is 0 Å². The zero-order valence-corrected chi connectivity index (χ0v) is 8.81. The molecule has 2 N–H and O–H groups in total. The summed E-state index contributed by atoms with van der Waals surface area (Å²) >= 11 is 1.63. The summed E-state index contributed by atoms with van der Waals surface area (Å²) in [6, 6.07) is 3.81. The smallest absolute Gasteiger partial charge is 0.123 e. The van der Waals surface area contributed by atoms with Gasteiger partial charge in [0.25, 0.3) is 0 Å². The van der Waals surface area contributed by atoms with Gasteiger partial charge in [-0.3, -0.25) is 4.98 Å². The van der Waals surface area contributed by atoms with Gasteiger partial charge in [-0.1, -0.05) is 0 Å². The summed E-state index contributed by atoms with van der Waals surface area (Å²) in [5, 5.41) is 0.910. The van der Waals surface area contributed by atoms with Crippen molar-refractivity contribution in [2.75, 3.05) is 5.73 Å². The van der Waals surface area contributed by atoms with Gasteiger partial charge in [-0.2, -0.15) is 0 Å². The van der Waals surface area contributed by atoms with Gasteiger partial charge in [-0.05, 0) is 17.7 Å². The average Bonchev–Trinajstić information content (AvgIpc) is 2.28. The minimum Gasteiger partial charge on any atom is -0.384 e. The number of hydrogen-bond donors (Lipinski definition) is 1. The molecule has 0 saturated carbocycles. The van der Waals surface area contributed by atoms with Crippen LogP contribution in [-0.2, 0) is 5.75 Å². The molecule has 2 aromatic heterocycles. The van der Waals surface area contributed by atoms with Crippen molar-refractivity contribution in [3.05, 3.63) is 42.5 Å². The first kappa shape index (κ1) is 9.92. The Bertz CT molecular complexity index is 432. The third-order valence-electron chi connectivity index (χ3n) is 1.77. The van der Waals surface area contributed by atoms with E-state index in [4.69, 9.17) is 5.73 Å². The molecule has 15 heavy (non-hydrogen) atoms. The molecule has 0 amide bonds. The molecule has 0 aliphatic heterocycles. The van der Waals surface area contributed by atoms with Gasteiger partial charge in [0.15, 0.2) is 0 Å². The van der Waals surface area contributed by atoms with Crippen molar-refractivity contribution in [3.63, 3.8) is 0 Å². The van der Waals surface area contributed by atoms with Crippen molar-refractivity contribution in [2.24, 2.45) is 0 Å². The number of aromatic nitrogens is 3. The molecule has 0 atom stereocenters. The fraction of sp³-hybridized carbons (Fsp3) is 0.100. The van der Waals surface area contributed by atoms with E-state index in [0.29, 0.717) is 5.82 Å². The highest BCUT2D eigenvalue weighted by Gasteiger charge is 1.97. The van der Waals surface area contributed by atoms with Crippen molar-refractivity contribution in [1.29, 1.82) is 0 Å². The van der Waals surface area contributed by atoms with Crippen LogP contribution in [0.4, 0.5) is 5.82 Å². The molecule has 4 nitrogen and oxygen atoms in total. The molecular weight excluding hydrogens is 208 g/mol. The second kappa shape index (κ2) is 4.75. The van der Waals surface area contributed by atoms with Gasteiger partial charge in [-0.25, -0.2) is 9.97 Å². The first-order chi connectivity index (χ1) is 7.34. The molecular formula is C10H10N4S. The van der Waals surface area contributed by atoms with E-state index in [1.54, 1.807) is 36.5 Å². The van der Waals surface area contributed by atoms with Gasteiger partial charge in [0, 0.05) is 24.3 Å². The molecule has 0 fully saturated rings. The quantitative estimate of drug-likeness (QED) is 0.795. The minimum atomic E-state index is 0.548. The normalized spacial score (nSPS) is 10.1. The highest BCUT2D eigenvalue weighted by atomic mass is 32.2. The maximum atomic E-state index is 5.58. The van der Waals surface area contributed by atoms with Crippen LogP contribution < -0.4 is 5.73 Å². The summed E-state index contributed by atoms with van der Waals surface area (Å²) in [4.78, 5) is 12.1. The van der Waals surface area contributed by atoms with E-state index in [-0.39, 0.29) is 0 Å². The van der Waals surface area contributed by atoms with E-state index in [0.717, 1.165) is 16.3 Å². The molecule has 0 saturated heterocycles. The predicted molar refractivity (Wildman–Crippen MR) is 60.2 cm³/mol. The van der Waals surface area contributed by atoms with E-state index in [2.05, 4.69) is 15.0 Å². The maximum absolute atomic E-state index is 5.58. The molecule has 2 heterocycles. The summed E-state index contributed by atoms with van der Waals surface area (Å²) in [7, 11) is 0. The van der Waals surface area contributed by atoms with Crippen LogP contribution >= 0.6 is 11.8 Å². The molecule has 0 aliphatic rings. The van der Waals surface area contributed by atoms with Crippen LogP contribution in [0.5, 0.6) is 0 Å². The molecule has 5 heteroatoms. The van der Waals surface area contributed by atoms with Gasteiger partial charge in [0.05, 0.1) is 6.20 Å². The second-order valence-corrected chi connectivity index (χ2v) is 3.92. The van der Waals surface area contributed by atoms with Crippen LogP contribution in [0.2, 0.25) is 0 Å². The Morgan fingerprint density at radius 2 is 2.13 bits per heavy atom. The predicted octanol–water partition coefficient (Wildman–Crippen LogP) is 1.75. The number of anilines is 1. The molecule has 0 radical (unpaired) electrons. The highest BCUT2D eigenvalue weighted by Crippen LogP contribution is 2.19. The second-order valence-electron chi connectivity index (χ2n) is 2.92. The SMILES string of the molecule is Nc1cc(CSc2cnccn2)ccn1. The molecule has 0 aromatic carbocycles. The Balaban J connectivity index is 1.99. The molecule has 0 spiro atoms. The number of nitrogen functional groups attached to an aromatic ring is 1. The topological polar surface area (TPSA) is 64.7 Å². The average molecular weight is 218 g/mol. The number of nitrogens with two attached hydrogens (primary N) is 1. The molecule has 2 rings (SSSR count). The minimum absolute atomic E-state index is 0.548. The molecule has 0 unspecified atom stereocenters. The van der Waals surface area contributed by atoms with E-state index in [9.17, 15) is 0 Å². The number of nitrogens with zero attached hydrogens (tertiary/aromatic N) is 3. The van der Waals surface area contributed by atoms with Crippen LogP contribution in [0.25, 0.3) is 0 Å². The lowest BCUT2D eigenvalue weighted by molar-refractivity contribution is 1.05. The third-order valence-corrected chi connectivity index (χ3v) is 2.76. The summed E-state index contributed by atoms with van der Waals surface area (Å²) in [6.45, 7) is 0. The first-order valence-corrected chi connectivity index (χ1v) is 5.42. The lowest BCUT2D eigenvalue weighted by Crippen LogP contribution is -1.91. The standard InChI is InChI=1S/C10H10N4S/c11-9-5-8(1-2-13-9)7-15-10-6-12-3-4-14-10/h1-6H,7H2,(H2,11,13). The Hall–Kier alpha value is -1.62. The van der Waals surface area contributed by atoms with E-state index < -0.39 is 0 Å². The molecule has 76 valence electrons. The number of pyridine rings is 1. The summed E-state index contributed by atoms with van der Waals surface area (Å²) in [5.41, 5.74) is 6.72. The monoisotopic (exact) mass is 218 g/mol. The fourth-order valence-corrected chi connectivity index (χ4v) is 1.87. The van der Waals surface area contributed by atoms with Gasteiger partial charge in [0.2, 0.25) is 0 Å². The van der Waals surface area contributed by atoms with Crippen LogP contribution in [0.1, 0.15) is 5.56 Å². The number of hydrogen-bond acceptors (Lipinski definition) is 5. The third kappa shape index (κ3) is 2.92. The van der Waals surface area contributed by atoms with Gasteiger partial charge < -0.3 is 5.73 Å². The van der Waals surface area contributed by atoms with E-state index >= 15 is 0 Å². The number of thioether (sulfide) groups is 1.